The molecule has 0 unspecified atom stereocenters. The molecule has 0 fully saturated rings. The first-order chi connectivity index (χ1) is 23.7. The second kappa shape index (κ2) is 9.43. The summed E-state index contributed by atoms with van der Waals surface area (Å²) in [6.07, 6.45) is 0. The minimum atomic E-state index is -0.0170. The molecule has 0 saturated heterocycles. The maximum Gasteiger partial charge on any atom is 0.252 e. The molecule has 9 aromatic rings. The number of fused-ring (bicyclic) bond motifs is 12. The highest BCUT2D eigenvalue weighted by Crippen LogP contribution is 2.50. The van der Waals surface area contributed by atoms with Crippen molar-refractivity contribution in [3.63, 3.8) is 0 Å². The van der Waals surface area contributed by atoms with Crippen LogP contribution in [0.5, 0.6) is 0 Å². The van der Waals surface area contributed by atoms with Crippen LogP contribution in [0.1, 0.15) is 5.56 Å². The third-order valence-electron chi connectivity index (χ3n) is 10.2. The van der Waals surface area contributed by atoms with E-state index < -0.39 is 0 Å². The lowest BCUT2D eigenvalue weighted by molar-refractivity contribution is 0.668. The quantitative estimate of drug-likeness (QED) is 0.182. The van der Waals surface area contributed by atoms with Crippen LogP contribution in [0.2, 0.25) is 0 Å². The van der Waals surface area contributed by atoms with Crippen molar-refractivity contribution in [2.45, 2.75) is 6.92 Å². The highest BCUT2D eigenvalue weighted by Gasteiger charge is 2.45. The van der Waals surface area contributed by atoms with Gasteiger partial charge in [0.1, 0.15) is 22.3 Å². The average molecular weight is 615 g/mol. The van der Waals surface area contributed by atoms with Gasteiger partial charge in [-0.15, -0.1) is 0 Å². The molecule has 4 heterocycles. The Kier molecular flexibility index (Phi) is 5.09. The molecule has 11 rings (SSSR count). The molecule has 0 spiro atoms. The van der Waals surface area contributed by atoms with Gasteiger partial charge in [-0.05, 0) is 89.5 Å². The maximum absolute atomic E-state index is 6.51. The Morgan fingerprint density at radius 3 is 1.38 bits per heavy atom. The van der Waals surface area contributed by atoms with Gasteiger partial charge in [-0.1, -0.05) is 84.9 Å². The van der Waals surface area contributed by atoms with E-state index >= 15 is 0 Å². The topological polar surface area (TPSA) is 32.8 Å². The Balaban J connectivity index is 1.35. The number of aryl methyl sites for hydroxylation is 1. The number of furan rings is 2. The largest absolute Gasteiger partial charge is 0.456 e. The first-order valence-electron chi connectivity index (χ1n) is 16.5. The van der Waals surface area contributed by atoms with Crippen LogP contribution >= 0.6 is 0 Å². The molecule has 48 heavy (non-hydrogen) atoms. The van der Waals surface area contributed by atoms with Gasteiger partial charge in [0.05, 0.1) is 22.1 Å². The van der Waals surface area contributed by atoms with Gasteiger partial charge in [0, 0.05) is 33.5 Å². The van der Waals surface area contributed by atoms with Gasteiger partial charge in [0.15, 0.2) is 0 Å². The van der Waals surface area contributed by atoms with Crippen LogP contribution < -0.4 is 26.2 Å². The molecule has 0 radical (unpaired) electrons. The van der Waals surface area contributed by atoms with E-state index in [-0.39, 0.29) is 6.71 Å². The van der Waals surface area contributed by atoms with Gasteiger partial charge in [0.25, 0.3) is 6.71 Å². The summed E-state index contributed by atoms with van der Waals surface area (Å²) in [5.41, 5.74) is 15.6. The highest BCUT2D eigenvalue weighted by molar-refractivity contribution is 7.01. The monoisotopic (exact) mass is 614 g/mol. The zero-order valence-electron chi connectivity index (χ0n) is 26.1. The van der Waals surface area contributed by atoms with Crippen molar-refractivity contribution in [1.82, 2.24) is 0 Å². The van der Waals surface area contributed by atoms with Crippen LogP contribution in [0.3, 0.4) is 0 Å². The van der Waals surface area contributed by atoms with Gasteiger partial charge in [-0.2, -0.15) is 0 Å². The number of benzene rings is 7. The summed E-state index contributed by atoms with van der Waals surface area (Å²) >= 11 is 0. The fraction of sp³-hybridized carbons (Fsp3) is 0.0233. The Hall–Kier alpha value is -6.20. The normalized spacial score (nSPS) is 13.4. The van der Waals surface area contributed by atoms with Crippen LogP contribution in [0.25, 0.3) is 43.9 Å². The number of hydrogen-bond acceptors (Lipinski definition) is 4. The average Bonchev–Trinajstić information content (AvgIpc) is 3.71. The third-order valence-corrected chi connectivity index (χ3v) is 10.2. The van der Waals surface area contributed by atoms with Crippen molar-refractivity contribution in [2.24, 2.45) is 0 Å². The lowest BCUT2D eigenvalue weighted by Gasteiger charge is -2.44. The highest BCUT2D eigenvalue weighted by atomic mass is 16.3. The molecule has 0 aliphatic carbocycles. The molecule has 4 nitrogen and oxygen atoms in total. The van der Waals surface area contributed by atoms with E-state index in [1.807, 2.05) is 12.1 Å². The molecule has 7 aromatic carbocycles. The van der Waals surface area contributed by atoms with E-state index in [0.29, 0.717) is 0 Å². The lowest BCUT2D eigenvalue weighted by Crippen LogP contribution is -2.61. The van der Waals surface area contributed by atoms with Crippen LogP contribution in [0.15, 0.2) is 154 Å². The molecule has 0 N–H and O–H groups in total. The molecule has 5 heteroatoms. The van der Waals surface area contributed by atoms with E-state index in [1.54, 1.807) is 0 Å². The summed E-state index contributed by atoms with van der Waals surface area (Å²) in [4.78, 5) is 4.95. The SMILES string of the molecule is Cc1cc2c3c(c1)N(c1ccccc1)c1c(ccc4oc5ccccc5c14)B3c1ccc3oc4ccccc4c3c1N2c1ccccc1. The minimum absolute atomic E-state index is 0.0170. The fourth-order valence-corrected chi connectivity index (χ4v) is 8.41. The first kappa shape index (κ1) is 25.9. The smallest absolute Gasteiger partial charge is 0.252 e. The summed E-state index contributed by atoms with van der Waals surface area (Å²) < 4.78 is 13.0. The van der Waals surface area contributed by atoms with Gasteiger partial charge < -0.3 is 18.6 Å². The van der Waals surface area contributed by atoms with Gasteiger partial charge in [-0.3, -0.25) is 0 Å². The number of nitrogens with zero attached hydrogens (tertiary/aromatic N) is 2. The van der Waals surface area contributed by atoms with Crippen molar-refractivity contribution in [1.29, 1.82) is 0 Å². The van der Waals surface area contributed by atoms with Crippen molar-refractivity contribution in [3.05, 3.63) is 151 Å². The number of rotatable bonds is 2. The van der Waals surface area contributed by atoms with Crippen molar-refractivity contribution in [3.8, 4) is 0 Å². The molecule has 224 valence electrons. The number of hydrogen-bond donors (Lipinski definition) is 0. The zero-order valence-corrected chi connectivity index (χ0v) is 26.1. The molecular formula is C43H27BN2O2. The van der Waals surface area contributed by atoms with E-state index in [2.05, 4.69) is 150 Å². The zero-order chi connectivity index (χ0) is 31.5. The Labute approximate surface area is 277 Å². The van der Waals surface area contributed by atoms with Gasteiger partial charge in [0.2, 0.25) is 0 Å². The van der Waals surface area contributed by atoms with Gasteiger partial charge in [-0.25, -0.2) is 0 Å². The summed E-state index contributed by atoms with van der Waals surface area (Å²) in [7, 11) is 0. The number of anilines is 6. The number of para-hydroxylation sites is 4. The fourth-order valence-electron chi connectivity index (χ4n) is 8.41. The van der Waals surface area contributed by atoms with Crippen LogP contribution in [-0.2, 0) is 0 Å². The van der Waals surface area contributed by atoms with E-state index in [4.69, 9.17) is 8.83 Å². The summed E-state index contributed by atoms with van der Waals surface area (Å²) in [6.45, 7) is 2.20. The third kappa shape index (κ3) is 3.35. The van der Waals surface area contributed by atoms with Crippen LogP contribution in [-0.4, -0.2) is 6.71 Å². The maximum atomic E-state index is 6.51. The van der Waals surface area contributed by atoms with Crippen LogP contribution in [0, 0.1) is 6.92 Å². The van der Waals surface area contributed by atoms with E-state index in [1.165, 1.54) is 44.7 Å². The predicted molar refractivity (Wildman–Crippen MR) is 200 cm³/mol. The van der Waals surface area contributed by atoms with Gasteiger partial charge >= 0.3 is 0 Å². The molecular weight excluding hydrogens is 587 g/mol. The molecule has 2 aliphatic heterocycles. The Bertz CT molecular complexity index is 2580. The standard InChI is InChI=1S/C43H27BN2O2/c1-26-24-33-41-34(25-26)46(28-14-6-3-7-15-28)43-32(21-23-38-40(43)30-17-9-11-19-36(30)48-38)44(41)31-20-22-37-39(29-16-8-10-18-35(29)47-37)42(31)45(33)27-12-4-2-5-13-27/h2-25H,1H3. The summed E-state index contributed by atoms with van der Waals surface area (Å²) in [5, 5.41) is 4.53. The van der Waals surface area contributed by atoms with Crippen molar-refractivity contribution >= 4 is 101 Å². The first-order valence-corrected chi connectivity index (χ1v) is 16.5. The molecule has 0 amide bonds. The second-order valence-corrected chi connectivity index (χ2v) is 12.9. The van der Waals surface area contributed by atoms with Crippen molar-refractivity contribution < 1.29 is 8.83 Å². The van der Waals surface area contributed by atoms with E-state index in [9.17, 15) is 0 Å². The van der Waals surface area contributed by atoms with Crippen molar-refractivity contribution in [2.75, 3.05) is 9.80 Å². The molecule has 0 atom stereocenters. The minimum Gasteiger partial charge on any atom is -0.456 e. The predicted octanol–water partition coefficient (Wildman–Crippen LogP) is 9.88. The summed E-state index contributed by atoms with van der Waals surface area (Å²) in [6, 6.07) is 52.1. The molecule has 2 aromatic heterocycles. The van der Waals surface area contributed by atoms with E-state index in [0.717, 1.165) is 55.3 Å². The molecule has 2 aliphatic rings. The lowest BCUT2D eigenvalue weighted by atomic mass is 9.33. The second-order valence-electron chi connectivity index (χ2n) is 12.9. The summed E-state index contributed by atoms with van der Waals surface area (Å²) in [5.74, 6) is 0. The Morgan fingerprint density at radius 2 is 0.896 bits per heavy atom. The van der Waals surface area contributed by atoms with Crippen LogP contribution in [0.4, 0.5) is 34.1 Å². The molecule has 0 bridgehead atoms. The molecule has 0 saturated carbocycles. The Morgan fingerprint density at radius 1 is 0.458 bits per heavy atom.